The zero-order chi connectivity index (χ0) is 20.1. The van der Waals surface area contributed by atoms with Gasteiger partial charge >= 0.3 is 0 Å². The predicted octanol–water partition coefficient (Wildman–Crippen LogP) is 3.17. The van der Waals surface area contributed by atoms with E-state index in [4.69, 9.17) is 14.2 Å². The number of methoxy groups -OCH3 is 3. The molecular formula is C20H20FN3O4. The van der Waals surface area contributed by atoms with Crippen LogP contribution in [-0.2, 0) is 6.54 Å². The zero-order valence-electron chi connectivity index (χ0n) is 15.7. The molecule has 0 saturated heterocycles. The number of hydrogen-bond acceptors (Lipinski definition) is 5. The number of rotatable bonds is 7. The molecular weight excluding hydrogens is 365 g/mol. The highest BCUT2D eigenvalue weighted by Gasteiger charge is 2.15. The molecule has 7 nitrogen and oxygen atoms in total. The molecule has 0 saturated carbocycles. The molecule has 2 N–H and O–H groups in total. The van der Waals surface area contributed by atoms with Gasteiger partial charge in [0.25, 0.3) is 5.91 Å². The lowest BCUT2D eigenvalue weighted by Gasteiger charge is -2.14. The number of nitrogens with one attached hydrogen (secondary N) is 2. The van der Waals surface area contributed by atoms with Crippen molar-refractivity contribution in [1.29, 1.82) is 0 Å². The molecule has 28 heavy (non-hydrogen) atoms. The van der Waals surface area contributed by atoms with Crippen LogP contribution in [-0.4, -0.2) is 37.4 Å². The summed E-state index contributed by atoms with van der Waals surface area (Å²) in [6.07, 6.45) is 0. The molecule has 3 rings (SSSR count). The van der Waals surface area contributed by atoms with Gasteiger partial charge in [-0.25, -0.2) is 4.39 Å². The number of benzene rings is 2. The van der Waals surface area contributed by atoms with Gasteiger partial charge in [0.15, 0.2) is 11.5 Å². The van der Waals surface area contributed by atoms with Gasteiger partial charge in [0.2, 0.25) is 5.75 Å². The van der Waals surface area contributed by atoms with Gasteiger partial charge in [0, 0.05) is 12.1 Å². The van der Waals surface area contributed by atoms with Crippen LogP contribution in [0.25, 0.3) is 11.3 Å². The van der Waals surface area contributed by atoms with Crippen molar-refractivity contribution in [2.75, 3.05) is 21.3 Å². The number of carbonyl (C=O) groups excluding carboxylic acids is 1. The van der Waals surface area contributed by atoms with Gasteiger partial charge in [-0.15, -0.1) is 0 Å². The maximum atomic E-state index is 13.0. The summed E-state index contributed by atoms with van der Waals surface area (Å²) in [5, 5.41) is 9.61. The molecule has 0 bridgehead atoms. The Balaban J connectivity index is 1.71. The molecule has 0 fully saturated rings. The van der Waals surface area contributed by atoms with Crippen molar-refractivity contribution in [3.8, 4) is 28.5 Å². The van der Waals surface area contributed by atoms with E-state index < -0.39 is 0 Å². The molecule has 0 spiro atoms. The second kappa shape index (κ2) is 8.43. The van der Waals surface area contributed by atoms with E-state index in [0.29, 0.717) is 34.2 Å². The zero-order valence-corrected chi connectivity index (χ0v) is 15.7. The lowest BCUT2D eigenvalue weighted by Crippen LogP contribution is -2.23. The normalized spacial score (nSPS) is 10.4. The minimum absolute atomic E-state index is 0.250. The van der Waals surface area contributed by atoms with Crippen LogP contribution in [0.4, 0.5) is 4.39 Å². The van der Waals surface area contributed by atoms with Crippen molar-refractivity contribution in [3.05, 3.63) is 59.5 Å². The summed E-state index contributed by atoms with van der Waals surface area (Å²) in [5.74, 6) is 0.840. The van der Waals surface area contributed by atoms with Gasteiger partial charge in [0.1, 0.15) is 11.5 Å². The monoisotopic (exact) mass is 385 g/mol. The maximum absolute atomic E-state index is 13.0. The van der Waals surface area contributed by atoms with Crippen molar-refractivity contribution >= 4 is 5.91 Å². The van der Waals surface area contributed by atoms with Crippen LogP contribution in [0.5, 0.6) is 17.2 Å². The minimum Gasteiger partial charge on any atom is -0.493 e. The Morgan fingerprint density at radius 2 is 1.68 bits per heavy atom. The molecule has 1 amide bonds. The summed E-state index contributed by atoms with van der Waals surface area (Å²) < 4.78 is 28.9. The molecule has 0 unspecified atom stereocenters. The van der Waals surface area contributed by atoms with Crippen molar-refractivity contribution < 1.29 is 23.4 Å². The number of halogens is 1. The molecule has 8 heteroatoms. The fourth-order valence-electron chi connectivity index (χ4n) is 2.72. The predicted molar refractivity (Wildman–Crippen MR) is 101 cm³/mol. The molecule has 146 valence electrons. The molecule has 0 radical (unpaired) electrons. The van der Waals surface area contributed by atoms with Crippen molar-refractivity contribution in [2.24, 2.45) is 0 Å². The fraction of sp³-hybridized carbons (Fsp3) is 0.200. The Morgan fingerprint density at radius 3 is 2.25 bits per heavy atom. The van der Waals surface area contributed by atoms with E-state index in [-0.39, 0.29) is 18.3 Å². The summed E-state index contributed by atoms with van der Waals surface area (Å²) in [6, 6.07) is 11.0. The molecule has 1 heterocycles. The lowest BCUT2D eigenvalue weighted by molar-refractivity contribution is 0.0946. The Kier molecular flexibility index (Phi) is 5.78. The van der Waals surface area contributed by atoms with Crippen LogP contribution in [0, 0.1) is 5.82 Å². The fourth-order valence-corrected chi connectivity index (χ4v) is 2.72. The number of H-pyrrole nitrogens is 1. The average Bonchev–Trinajstić information content (AvgIpc) is 3.21. The third-order valence-corrected chi connectivity index (χ3v) is 4.14. The van der Waals surface area contributed by atoms with Crippen molar-refractivity contribution in [2.45, 2.75) is 6.54 Å². The van der Waals surface area contributed by atoms with E-state index in [0.717, 1.165) is 5.56 Å². The standard InChI is InChI=1S/C20H20FN3O4/c1-26-17-8-12(9-18(27-2)19(17)28-3)11-22-20(25)16-10-15(23-24-16)13-4-6-14(21)7-5-13/h4-10H,11H2,1-3H3,(H,22,25)(H,23,24). The third-order valence-electron chi connectivity index (χ3n) is 4.14. The summed E-state index contributed by atoms with van der Waals surface area (Å²) in [7, 11) is 4.58. The highest BCUT2D eigenvalue weighted by atomic mass is 19.1. The number of ether oxygens (including phenoxy) is 3. The SMILES string of the molecule is COc1cc(CNC(=O)c2cc(-c3ccc(F)cc3)n[nH]2)cc(OC)c1OC. The van der Waals surface area contributed by atoms with Gasteiger partial charge in [-0.05, 0) is 48.0 Å². The first-order valence-corrected chi connectivity index (χ1v) is 8.44. The largest absolute Gasteiger partial charge is 0.493 e. The molecule has 0 atom stereocenters. The lowest BCUT2D eigenvalue weighted by atomic mass is 10.1. The Bertz CT molecular complexity index is 945. The van der Waals surface area contributed by atoms with E-state index in [1.54, 1.807) is 30.3 Å². The summed E-state index contributed by atoms with van der Waals surface area (Å²) in [4.78, 5) is 12.4. The van der Waals surface area contributed by atoms with E-state index in [9.17, 15) is 9.18 Å². The number of amides is 1. The molecule has 3 aromatic rings. The smallest absolute Gasteiger partial charge is 0.269 e. The average molecular weight is 385 g/mol. The van der Waals surface area contributed by atoms with Crippen LogP contribution in [0.3, 0.4) is 0 Å². The van der Waals surface area contributed by atoms with Crippen molar-refractivity contribution in [1.82, 2.24) is 15.5 Å². The van der Waals surface area contributed by atoms with E-state index >= 15 is 0 Å². The van der Waals surface area contributed by atoms with Crippen LogP contribution in [0.15, 0.2) is 42.5 Å². The summed E-state index contributed by atoms with van der Waals surface area (Å²) in [5.41, 5.74) is 2.34. The number of aromatic amines is 1. The third kappa shape index (κ3) is 4.06. The molecule has 0 aliphatic carbocycles. The van der Waals surface area contributed by atoms with Crippen LogP contribution in [0.2, 0.25) is 0 Å². The van der Waals surface area contributed by atoms with Crippen LogP contribution in [0.1, 0.15) is 16.1 Å². The summed E-state index contributed by atoms with van der Waals surface area (Å²) in [6.45, 7) is 0.250. The van der Waals surface area contributed by atoms with Gasteiger partial charge in [-0.1, -0.05) is 0 Å². The molecule has 0 aliphatic heterocycles. The van der Waals surface area contributed by atoms with Crippen molar-refractivity contribution in [3.63, 3.8) is 0 Å². The Morgan fingerprint density at radius 1 is 1.04 bits per heavy atom. The molecule has 1 aromatic heterocycles. The highest BCUT2D eigenvalue weighted by molar-refractivity contribution is 5.93. The number of nitrogens with zero attached hydrogens (tertiary/aromatic N) is 1. The molecule has 2 aromatic carbocycles. The first-order chi connectivity index (χ1) is 13.5. The highest BCUT2D eigenvalue weighted by Crippen LogP contribution is 2.38. The minimum atomic E-state index is -0.331. The number of aromatic nitrogens is 2. The second-order valence-electron chi connectivity index (χ2n) is 5.89. The van der Waals surface area contributed by atoms with Crippen LogP contribution >= 0.6 is 0 Å². The first-order valence-electron chi connectivity index (χ1n) is 8.44. The second-order valence-corrected chi connectivity index (χ2v) is 5.89. The van der Waals surface area contributed by atoms with Gasteiger partial charge in [0.05, 0.1) is 27.0 Å². The topological polar surface area (TPSA) is 85.5 Å². The van der Waals surface area contributed by atoms with Gasteiger partial charge in [-0.2, -0.15) is 5.10 Å². The van der Waals surface area contributed by atoms with Gasteiger partial charge < -0.3 is 19.5 Å². The first kappa shape index (κ1) is 19.2. The Labute approximate surface area is 161 Å². The molecule has 0 aliphatic rings. The number of hydrogen-bond donors (Lipinski definition) is 2. The number of carbonyl (C=O) groups is 1. The quantitative estimate of drug-likeness (QED) is 0.653. The van der Waals surface area contributed by atoms with E-state index in [2.05, 4.69) is 15.5 Å². The van der Waals surface area contributed by atoms with Gasteiger partial charge in [-0.3, -0.25) is 9.89 Å². The van der Waals surface area contributed by atoms with E-state index in [1.165, 1.54) is 33.5 Å². The van der Waals surface area contributed by atoms with E-state index in [1.807, 2.05) is 0 Å². The maximum Gasteiger partial charge on any atom is 0.269 e. The Hall–Kier alpha value is -3.55. The van der Waals surface area contributed by atoms with Crippen LogP contribution < -0.4 is 19.5 Å². The summed E-state index contributed by atoms with van der Waals surface area (Å²) >= 11 is 0.